The maximum Gasteiger partial charge on any atom is 0.410 e. The zero-order valence-electron chi connectivity index (χ0n) is 16.9. The zero-order chi connectivity index (χ0) is 20.1. The number of nitrogens with one attached hydrogen (secondary N) is 1. The van der Waals surface area contributed by atoms with Gasteiger partial charge < -0.3 is 19.7 Å². The van der Waals surface area contributed by atoms with Crippen LogP contribution in [0.25, 0.3) is 0 Å². The number of piperidine rings is 1. The molecule has 7 heteroatoms. The van der Waals surface area contributed by atoms with Crippen LogP contribution in [0.3, 0.4) is 0 Å². The summed E-state index contributed by atoms with van der Waals surface area (Å²) in [7, 11) is 1.51. The summed E-state index contributed by atoms with van der Waals surface area (Å²) in [5.74, 6) is -0.154. The lowest BCUT2D eigenvalue weighted by molar-refractivity contribution is -0.132. The monoisotopic (exact) mass is 377 g/mol. The van der Waals surface area contributed by atoms with Crippen molar-refractivity contribution >= 4 is 12.0 Å². The van der Waals surface area contributed by atoms with Crippen LogP contribution in [0.2, 0.25) is 0 Å². The van der Waals surface area contributed by atoms with Gasteiger partial charge in [0.05, 0.1) is 0 Å². The molecule has 1 fully saturated rings. The Labute approximate surface area is 161 Å². The van der Waals surface area contributed by atoms with Crippen molar-refractivity contribution in [2.45, 2.75) is 64.2 Å². The summed E-state index contributed by atoms with van der Waals surface area (Å²) < 4.78 is 10.6. The lowest BCUT2D eigenvalue weighted by atomic mass is 9.82. The highest BCUT2D eigenvalue weighted by atomic mass is 16.6. The fraction of sp³-hybridized carbons (Fsp3) is 0.650. The summed E-state index contributed by atoms with van der Waals surface area (Å²) in [6.07, 6.45) is 2.77. The highest BCUT2D eigenvalue weighted by molar-refractivity contribution is 5.81. The molecular weight excluding hydrogens is 346 g/mol. The van der Waals surface area contributed by atoms with E-state index in [2.05, 4.69) is 10.3 Å². The van der Waals surface area contributed by atoms with Crippen LogP contribution in [-0.2, 0) is 20.7 Å². The fourth-order valence-electron chi connectivity index (χ4n) is 3.11. The van der Waals surface area contributed by atoms with E-state index in [9.17, 15) is 9.59 Å². The molecule has 0 radical (unpaired) electrons. The van der Waals surface area contributed by atoms with E-state index in [0.29, 0.717) is 32.4 Å². The van der Waals surface area contributed by atoms with Crippen LogP contribution in [0.1, 0.15) is 46.2 Å². The van der Waals surface area contributed by atoms with Crippen LogP contribution in [0, 0.1) is 0 Å². The number of carbonyl (C=O) groups is 2. The first kappa shape index (κ1) is 21.2. The summed E-state index contributed by atoms with van der Waals surface area (Å²) in [5, 5.41) is 3.16. The predicted octanol–water partition coefficient (Wildman–Crippen LogP) is 2.54. The van der Waals surface area contributed by atoms with Gasteiger partial charge in [0.2, 0.25) is 5.91 Å². The molecule has 1 atom stereocenters. The van der Waals surface area contributed by atoms with Gasteiger partial charge in [-0.3, -0.25) is 9.78 Å². The van der Waals surface area contributed by atoms with Gasteiger partial charge in [-0.05, 0) is 52.7 Å². The van der Waals surface area contributed by atoms with Crippen LogP contribution in [0.4, 0.5) is 4.79 Å². The largest absolute Gasteiger partial charge is 0.444 e. The Kier molecular flexibility index (Phi) is 6.81. The first-order valence-corrected chi connectivity index (χ1v) is 9.37. The number of hydrogen-bond acceptors (Lipinski definition) is 5. The van der Waals surface area contributed by atoms with Crippen LogP contribution in [0.5, 0.6) is 0 Å². The van der Waals surface area contributed by atoms with Gasteiger partial charge in [0.1, 0.15) is 11.7 Å². The third-order valence-electron chi connectivity index (χ3n) is 4.73. The number of hydrogen-bond donors (Lipinski definition) is 1. The zero-order valence-corrected chi connectivity index (χ0v) is 16.9. The summed E-state index contributed by atoms with van der Waals surface area (Å²) >= 11 is 0. The van der Waals surface area contributed by atoms with E-state index in [0.717, 1.165) is 5.69 Å². The van der Waals surface area contributed by atoms with E-state index in [4.69, 9.17) is 9.47 Å². The second-order valence-electron chi connectivity index (χ2n) is 8.11. The minimum atomic E-state index is -0.533. The van der Waals surface area contributed by atoms with Crippen molar-refractivity contribution in [2.24, 2.45) is 0 Å². The summed E-state index contributed by atoms with van der Waals surface area (Å²) in [5.41, 5.74) is -0.0769. The van der Waals surface area contributed by atoms with Crippen LogP contribution in [-0.4, -0.2) is 59.3 Å². The van der Waals surface area contributed by atoms with E-state index in [-0.39, 0.29) is 12.0 Å². The van der Waals surface area contributed by atoms with Crippen molar-refractivity contribution in [1.82, 2.24) is 15.2 Å². The molecule has 2 heterocycles. The number of carbonyl (C=O) groups excluding carboxylic acids is 2. The maximum absolute atomic E-state index is 12.5. The molecule has 1 N–H and O–H groups in total. The molecule has 2 rings (SSSR count). The highest BCUT2D eigenvalue weighted by Crippen LogP contribution is 2.27. The quantitative estimate of drug-likeness (QED) is 0.853. The SMILES string of the molecule is COC(C)C(=O)NC1(Cc2ccccn2)CCN(C(=O)OC(C)(C)C)CC1. The molecule has 1 aliphatic rings. The average molecular weight is 377 g/mol. The number of likely N-dealkylation sites (tertiary alicyclic amines) is 1. The molecule has 1 unspecified atom stereocenters. The van der Waals surface area contributed by atoms with Crippen LogP contribution in [0.15, 0.2) is 24.4 Å². The third kappa shape index (κ3) is 6.20. The minimum Gasteiger partial charge on any atom is -0.444 e. The molecule has 0 aliphatic carbocycles. The summed E-state index contributed by atoms with van der Waals surface area (Å²) in [4.78, 5) is 30.9. The number of amides is 2. The molecular formula is C20H31N3O4. The predicted molar refractivity (Wildman–Crippen MR) is 102 cm³/mol. The van der Waals surface area contributed by atoms with Crippen molar-refractivity contribution in [2.75, 3.05) is 20.2 Å². The van der Waals surface area contributed by atoms with Gasteiger partial charge in [0, 0.05) is 44.0 Å². The number of pyridine rings is 1. The second kappa shape index (κ2) is 8.69. The fourth-order valence-corrected chi connectivity index (χ4v) is 3.11. The molecule has 1 aliphatic heterocycles. The standard InChI is InChI=1S/C20H31N3O4/c1-15(26-5)17(24)22-20(14-16-8-6-7-11-21-16)9-12-23(13-10-20)18(25)27-19(2,3)4/h6-8,11,15H,9-10,12-14H2,1-5H3,(H,22,24). The average Bonchev–Trinajstić information content (AvgIpc) is 2.60. The highest BCUT2D eigenvalue weighted by Gasteiger charge is 2.39. The van der Waals surface area contributed by atoms with Gasteiger partial charge >= 0.3 is 6.09 Å². The Morgan fingerprint density at radius 1 is 1.30 bits per heavy atom. The van der Waals surface area contributed by atoms with Gasteiger partial charge in [-0.15, -0.1) is 0 Å². The number of aromatic nitrogens is 1. The molecule has 0 saturated carbocycles. The van der Waals surface area contributed by atoms with E-state index < -0.39 is 17.2 Å². The molecule has 1 aromatic heterocycles. The van der Waals surface area contributed by atoms with Gasteiger partial charge in [0.15, 0.2) is 0 Å². The number of nitrogens with zero attached hydrogens (tertiary/aromatic N) is 2. The normalized spacial score (nSPS) is 17.9. The van der Waals surface area contributed by atoms with Crippen LogP contribution < -0.4 is 5.32 Å². The van der Waals surface area contributed by atoms with E-state index in [1.807, 2.05) is 39.0 Å². The number of rotatable bonds is 5. The van der Waals surface area contributed by atoms with Gasteiger partial charge in [0.25, 0.3) is 0 Å². The van der Waals surface area contributed by atoms with E-state index in [1.54, 1.807) is 18.0 Å². The Balaban J connectivity index is 2.10. The van der Waals surface area contributed by atoms with E-state index >= 15 is 0 Å². The van der Waals surface area contributed by atoms with Crippen LogP contribution >= 0.6 is 0 Å². The molecule has 1 saturated heterocycles. The second-order valence-corrected chi connectivity index (χ2v) is 8.11. The van der Waals surface area contributed by atoms with Gasteiger partial charge in [-0.25, -0.2) is 4.79 Å². The maximum atomic E-state index is 12.5. The first-order chi connectivity index (χ1) is 12.6. The van der Waals surface area contributed by atoms with Crippen molar-refractivity contribution < 1.29 is 19.1 Å². The van der Waals surface area contributed by atoms with E-state index in [1.165, 1.54) is 7.11 Å². The number of methoxy groups -OCH3 is 1. The Morgan fingerprint density at radius 2 is 1.96 bits per heavy atom. The molecule has 7 nitrogen and oxygen atoms in total. The smallest absolute Gasteiger partial charge is 0.410 e. The number of ether oxygens (including phenoxy) is 2. The Hall–Kier alpha value is -2.15. The van der Waals surface area contributed by atoms with Crippen molar-refractivity contribution in [3.63, 3.8) is 0 Å². The molecule has 150 valence electrons. The van der Waals surface area contributed by atoms with Gasteiger partial charge in [-0.2, -0.15) is 0 Å². The lowest BCUT2D eigenvalue weighted by Crippen LogP contribution is -2.59. The molecule has 0 bridgehead atoms. The minimum absolute atomic E-state index is 0.154. The Bertz CT molecular complexity index is 634. The third-order valence-corrected chi connectivity index (χ3v) is 4.73. The summed E-state index contributed by atoms with van der Waals surface area (Å²) in [6.45, 7) is 8.32. The summed E-state index contributed by atoms with van der Waals surface area (Å²) in [6, 6.07) is 5.76. The molecule has 1 aromatic rings. The lowest BCUT2D eigenvalue weighted by Gasteiger charge is -2.42. The van der Waals surface area contributed by atoms with Crippen molar-refractivity contribution in [1.29, 1.82) is 0 Å². The van der Waals surface area contributed by atoms with Crippen molar-refractivity contribution in [3.05, 3.63) is 30.1 Å². The Morgan fingerprint density at radius 3 is 2.48 bits per heavy atom. The molecule has 0 aromatic carbocycles. The molecule has 27 heavy (non-hydrogen) atoms. The first-order valence-electron chi connectivity index (χ1n) is 9.37. The van der Waals surface area contributed by atoms with Gasteiger partial charge in [-0.1, -0.05) is 6.07 Å². The topological polar surface area (TPSA) is 80.8 Å². The van der Waals surface area contributed by atoms with Crippen molar-refractivity contribution in [3.8, 4) is 0 Å². The molecule has 2 amide bonds. The molecule has 0 spiro atoms.